The van der Waals surface area contributed by atoms with Gasteiger partial charge in [0.25, 0.3) is 5.91 Å². The van der Waals surface area contributed by atoms with Gasteiger partial charge in [0.2, 0.25) is 0 Å². The van der Waals surface area contributed by atoms with E-state index in [1.54, 1.807) is 18.6 Å². The molecule has 0 radical (unpaired) electrons. The molecule has 5 rings (SSSR count). The summed E-state index contributed by atoms with van der Waals surface area (Å²) in [5, 5.41) is 13.6. The molecule has 0 bridgehead atoms. The first-order valence-corrected chi connectivity index (χ1v) is 11.4. The number of carbonyl (C=O) groups is 1. The summed E-state index contributed by atoms with van der Waals surface area (Å²) in [6.07, 6.45) is 8.76. The number of aliphatic hydroxyl groups is 1. The number of ether oxygens (including phenoxy) is 1. The molecule has 33 heavy (non-hydrogen) atoms. The molecule has 2 fully saturated rings. The Morgan fingerprint density at radius 1 is 1.12 bits per heavy atom. The van der Waals surface area contributed by atoms with E-state index in [2.05, 4.69) is 20.3 Å². The second-order valence-corrected chi connectivity index (χ2v) is 8.69. The topological polar surface area (TPSA) is 123 Å². The molecule has 1 saturated carbocycles. The van der Waals surface area contributed by atoms with Crippen LogP contribution in [-0.4, -0.2) is 38.2 Å². The van der Waals surface area contributed by atoms with E-state index < -0.39 is 12.0 Å². The van der Waals surface area contributed by atoms with Crippen molar-refractivity contribution in [3.63, 3.8) is 0 Å². The molecular weight excluding hydrogens is 418 g/mol. The zero-order chi connectivity index (χ0) is 22.8. The monoisotopic (exact) mass is 445 g/mol. The van der Waals surface area contributed by atoms with Gasteiger partial charge in [-0.2, -0.15) is 0 Å². The molecule has 4 unspecified atom stereocenters. The van der Waals surface area contributed by atoms with Gasteiger partial charge in [0.15, 0.2) is 11.5 Å². The summed E-state index contributed by atoms with van der Waals surface area (Å²) in [7, 11) is 0. The number of anilines is 2. The Bertz CT molecular complexity index is 1140. The first-order valence-electron chi connectivity index (χ1n) is 11.4. The number of rotatable bonds is 4. The van der Waals surface area contributed by atoms with Crippen LogP contribution in [0.25, 0.3) is 11.3 Å². The van der Waals surface area contributed by atoms with Crippen LogP contribution in [0, 0.1) is 5.92 Å². The highest BCUT2D eigenvalue weighted by atomic mass is 16.5. The molecule has 2 aromatic heterocycles. The molecule has 3 heterocycles. The minimum atomic E-state index is -0.473. The number of aromatic nitrogens is 3. The van der Waals surface area contributed by atoms with Crippen molar-refractivity contribution in [3.8, 4) is 11.3 Å². The van der Waals surface area contributed by atoms with Crippen molar-refractivity contribution < 1.29 is 14.6 Å². The maximum atomic E-state index is 13.1. The van der Waals surface area contributed by atoms with Crippen LogP contribution < -0.4 is 11.1 Å². The molecule has 1 aliphatic heterocycles. The van der Waals surface area contributed by atoms with Crippen LogP contribution in [0.2, 0.25) is 0 Å². The molecule has 1 saturated heterocycles. The first kappa shape index (κ1) is 21.5. The third kappa shape index (κ3) is 4.44. The summed E-state index contributed by atoms with van der Waals surface area (Å²) in [5.41, 5.74) is 8.73. The Kier molecular flexibility index (Phi) is 6.02. The molecule has 8 nitrogen and oxygen atoms in total. The van der Waals surface area contributed by atoms with Crippen LogP contribution in [0.5, 0.6) is 0 Å². The van der Waals surface area contributed by atoms with Crippen molar-refractivity contribution in [1.82, 2.24) is 15.0 Å². The SMILES string of the molecule is Nc1ncc(-c2ccccc2)nc1C(=O)Nc1cnccc1C1CC(O)C2CCCCC2O1. The van der Waals surface area contributed by atoms with E-state index in [4.69, 9.17) is 10.5 Å². The van der Waals surface area contributed by atoms with E-state index >= 15 is 0 Å². The number of fused-ring (bicyclic) bond motifs is 1. The van der Waals surface area contributed by atoms with E-state index in [0.717, 1.165) is 36.8 Å². The molecule has 8 heteroatoms. The van der Waals surface area contributed by atoms with E-state index in [1.807, 2.05) is 36.4 Å². The van der Waals surface area contributed by atoms with Crippen molar-refractivity contribution >= 4 is 17.4 Å². The number of nitrogens with one attached hydrogen (secondary N) is 1. The number of hydrogen-bond acceptors (Lipinski definition) is 7. The van der Waals surface area contributed by atoms with E-state index in [-0.39, 0.29) is 29.6 Å². The number of benzene rings is 1. The molecule has 170 valence electrons. The third-order valence-corrected chi connectivity index (χ3v) is 6.58. The van der Waals surface area contributed by atoms with Gasteiger partial charge in [-0.05, 0) is 18.9 Å². The molecule has 2 aliphatic rings. The quantitative estimate of drug-likeness (QED) is 0.559. The van der Waals surface area contributed by atoms with Gasteiger partial charge in [-0.1, -0.05) is 43.2 Å². The van der Waals surface area contributed by atoms with Crippen LogP contribution in [0.3, 0.4) is 0 Å². The van der Waals surface area contributed by atoms with Gasteiger partial charge in [-0.15, -0.1) is 0 Å². The fourth-order valence-corrected chi connectivity index (χ4v) is 4.88. The van der Waals surface area contributed by atoms with Crippen molar-refractivity contribution in [2.75, 3.05) is 11.1 Å². The van der Waals surface area contributed by atoms with E-state index in [1.165, 1.54) is 0 Å². The van der Waals surface area contributed by atoms with Crippen LogP contribution in [0.4, 0.5) is 11.5 Å². The molecule has 4 atom stereocenters. The van der Waals surface area contributed by atoms with Gasteiger partial charge in [0.1, 0.15) is 0 Å². The average Bonchev–Trinajstić information content (AvgIpc) is 2.85. The van der Waals surface area contributed by atoms with Crippen molar-refractivity contribution in [3.05, 3.63) is 66.2 Å². The summed E-state index contributed by atoms with van der Waals surface area (Å²) < 4.78 is 6.38. The van der Waals surface area contributed by atoms with Crippen molar-refractivity contribution in [1.29, 1.82) is 0 Å². The fraction of sp³-hybridized carbons (Fsp3) is 0.360. The van der Waals surface area contributed by atoms with Gasteiger partial charge >= 0.3 is 0 Å². The lowest BCUT2D eigenvalue weighted by Crippen LogP contribution is -2.43. The highest BCUT2D eigenvalue weighted by molar-refractivity contribution is 6.06. The fourth-order valence-electron chi connectivity index (χ4n) is 4.88. The van der Waals surface area contributed by atoms with E-state index in [9.17, 15) is 9.90 Å². The molecule has 0 spiro atoms. The standard InChI is InChI=1S/C25H27N5O3/c26-24-23(29-18(14-28-24)15-6-2-1-3-7-15)25(32)30-19-13-27-11-10-16(19)22-12-20(31)17-8-4-5-9-21(17)33-22/h1-3,6-7,10-11,13-14,17,20-22,31H,4-5,8-9,12H2,(H2,26,28)(H,30,32). The average molecular weight is 446 g/mol. The van der Waals surface area contributed by atoms with E-state index in [0.29, 0.717) is 17.8 Å². The number of nitrogens with two attached hydrogens (primary N) is 1. The molecule has 1 aromatic carbocycles. The molecule has 1 aliphatic carbocycles. The highest BCUT2D eigenvalue weighted by Crippen LogP contribution is 2.42. The lowest BCUT2D eigenvalue weighted by atomic mass is 9.78. The Morgan fingerprint density at radius 2 is 1.94 bits per heavy atom. The summed E-state index contributed by atoms with van der Waals surface area (Å²) in [4.78, 5) is 25.9. The predicted molar refractivity (Wildman–Crippen MR) is 124 cm³/mol. The summed E-state index contributed by atoms with van der Waals surface area (Å²) in [5.74, 6) is -0.239. The van der Waals surface area contributed by atoms with Gasteiger partial charge in [0, 0.05) is 29.7 Å². The lowest BCUT2D eigenvalue weighted by molar-refractivity contribution is -0.151. The van der Waals surface area contributed by atoms with Gasteiger partial charge in [0.05, 0.1) is 42.1 Å². The van der Waals surface area contributed by atoms with Gasteiger partial charge in [-0.3, -0.25) is 9.78 Å². The largest absolute Gasteiger partial charge is 0.393 e. The Balaban J connectivity index is 1.39. The third-order valence-electron chi connectivity index (χ3n) is 6.58. The molecule has 1 amide bonds. The highest BCUT2D eigenvalue weighted by Gasteiger charge is 2.40. The second-order valence-electron chi connectivity index (χ2n) is 8.69. The van der Waals surface area contributed by atoms with Crippen LogP contribution >= 0.6 is 0 Å². The van der Waals surface area contributed by atoms with Gasteiger partial charge < -0.3 is 20.9 Å². The smallest absolute Gasteiger partial charge is 0.278 e. The second kappa shape index (κ2) is 9.25. The number of aliphatic hydroxyl groups excluding tert-OH is 1. The first-order chi connectivity index (χ1) is 16.1. The summed E-state index contributed by atoms with van der Waals surface area (Å²) in [6, 6.07) is 11.3. The zero-order valence-electron chi connectivity index (χ0n) is 18.2. The Labute approximate surface area is 192 Å². The molecule has 3 aromatic rings. The number of nitrogen functional groups attached to an aromatic ring is 1. The van der Waals surface area contributed by atoms with Crippen molar-refractivity contribution in [2.24, 2.45) is 5.92 Å². The van der Waals surface area contributed by atoms with Crippen LogP contribution in [0.1, 0.15) is 54.3 Å². The van der Waals surface area contributed by atoms with Crippen LogP contribution in [-0.2, 0) is 4.74 Å². The lowest BCUT2D eigenvalue weighted by Gasteiger charge is -2.43. The summed E-state index contributed by atoms with van der Waals surface area (Å²) >= 11 is 0. The minimum Gasteiger partial charge on any atom is -0.393 e. The maximum absolute atomic E-state index is 13.1. The Morgan fingerprint density at radius 3 is 2.79 bits per heavy atom. The number of nitrogens with zero attached hydrogens (tertiary/aromatic N) is 3. The number of pyridine rings is 1. The maximum Gasteiger partial charge on any atom is 0.278 e. The number of hydrogen-bond donors (Lipinski definition) is 3. The normalized spacial score (nSPS) is 24.6. The minimum absolute atomic E-state index is 0.0354. The number of amides is 1. The molecule has 4 N–H and O–H groups in total. The van der Waals surface area contributed by atoms with Gasteiger partial charge in [-0.25, -0.2) is 9.97 Å². The molecular formula is C25H27N5O3. The summed E-state index contributed by atoms with van der Waals surface area (Å²) in [6.45, 7) is 0. The van der Waals surface area contributed by atoms with Crippen LogP contribution in [0.15, 0.2) is 55.0 Å². The van der Waals surface area contributed by atoms with Crippen molar-refractivity contribution in [2.45, 2.75) is 50.4 Å². The number of carbonyl (C=O) groups excluding carboxylic acids is 1. The zero-order valence-corrected chi connectivity index (χ0v) is 18.2. The predicted octanol–water partition coefficient (Wildman–Crippen LogP) is 3.75. The Hall–Kier alpha value is -3.36.